The first-order valence-corrected chi connectivity index (χ1v) is 7.97. The van der Waals surface area contributed by atoms with E-state index in [2.05, 4.69) is 48.8 Å². The van der Waals surface area contributed by atoms with Crippen LogP contribution < -0.4 is 9.47 Å². The van der Waals surface area contributed by atoms with Crippen LogP contribution in [-0.2, 0) is 0 Å². The van der Waals surface area contributed by atoms with Crippen LogP contribution in [0.1, 0.15) is 30.9 Å². The van der Waals surface area contributed by atoms with Crippen molar-refractivity contribution < 1.29 is 9.47 Å². The van der Waals surface area contributed by atoms with E-state index in [4.69, 9.17) is 9.47 Å². The molecule has 2 aromatic rings. The first-order valence-electron chi connectivity index (χ1n) is 7.18. The van der Waals surface area contributed by atoms with E-state index in [-0.39, 0.29) is 0 Å². The lowest BCUT2D eigenvalue weighted by atomic mass is 9.98. The molecular weight excluding hydrogens is 328 g/mol. The van der Waals surface area contributed by atoms with Gasteiger partial charge in [-0.25, -0.2) is 0 Å². The van der Waals surface area contributed by atoms with Crippen molar-refractivity contribution >= 4 is 15.9 Å². The van der Waals surface area contributed by atoms with Gasteiger partial charge >= 0.3 is 0 Å². The molecule has 2 rings (SSSR count). The molecule has 0 aliphatic carbocycles. The van der Waals surface area contributed by atoms with Gasteiger partial charge in [0.25, 0.3) is 0 Å². The molecule has 0 aromatic heterocycles. The van der Waals surface area contributed by atoms with Gasteiger partial charge in [-0.3, -0.25) is 0 Å². The van der Waals surface area contributed by atoms with Crippen LogP contribution in [0.4, 0.5) is 0 Å². The fraction of sp³-hybridized carbons (Fsp3) is 0.333. The summed E-state index contributed by atoms with van der Waals surface area (Å²) in [6.07, 6.45) is 0. The molecule has 0 unspecified atom stereocenters. The fourth-order valence-electron chi connectivity index (χ4n) is 2.24. The summed E-state index contributed by atoms with van der Waals surface area (Å²) in [5, 5.41) is 0. The number of ether oxygens (including phenoxy) is 2. The average molecular weight is 349 g/mol. The molecule has 0 saturated heterocycles. The summed E-state index contributed by atoms with van der Waals surface area (Å²) < 4.78 is 12.4. The minimum atomic E-state index is 0.534. The summed E-state index contributed by atoms with van der Waals surface area (Å²) in [5.74, 6) is 2.30. The smallest absolute Gasteiger partial charge is 0.122 e. The van der Waals surface area contributed by atoms with Gasteiger partial charge in [-0.15, -0.1) is 0 Å². The van der Waals surface area contributed by atoms with Gasteiger partial charge < -0.3 is 9.47 Å². The van der Waals surface area contributed by atoms with Gasteiger partial charge in [-0.1, -0.05) is 35.8 Å². The van der Waals surface area contributed by atoms with Gasteiger partial charge in [0.1, 0.15) is 24.7 Å². The lowest BCUT2D eigenvalue weighted by molar-refractivity contribution is 0.217. The van der Waals surface area contributed by atoms with Gasteiger partial charge in [0.2, 0.25) is 0 Å². The summed E-state index contributed by atoms with van der Waals surface area (Å²) in [6, 6.07) is 14.1. The average Bonchev–Trinajstić information content (AvgIpc) is 2.45. The highest BCUT2D eigenvalue weighted by Gasteiger charge is 2.04. The highest BCUT2D eigenvalue weighted by atomic mass is 79.9. The molecule has 2 aromatic carbocycles. The second-order valence-corrected chi connectivity index (χ2v) is 6.24. The Kier molecular flexibility index (Phi) is 5.68. The van der Waals surface area contributed by atoms with Crippen molar-refractivity contribution in [2.24, 2.45) is 0 Å². The quantitative estimate of drug-likeness (QED) is 0.656. The monoisotopic (exact) mass is 348 g/mol. The van der Waals surface area contributed by atoms with Crippen LogP contribution in [0, 0.1) is 6.92 Å². The van der Waals surface area contributed by atoms with Crippen LogP contribution >= 0.6 is 15.9 Å². The molecule has 0 spiro atoms. The SMILES string of the molecule is Cc1cc(OCCOc2ccc(Br)cc2)ccc1C(C)C. The fourth-order valence-corrected chi connectivity index (χ4v) is 2.50. The molecule has 0 saturated carbocycles. The topological polar surface area (TPSA) is 18.5 Å². The van der Waals surface area contributed by atoms with Gasteiger partial charge in [-0.05, 0) is 60.4 Å². The summed E-state index contributed by atoms with van der Waals surface area (Å²) in [6.45, 7) is 7.60. The van der Waals surface area contributed by atoms with E-state index in [1.54, 1.807) is 0 Å². The molecule has 0 atom stereocenters. The maximum Gasteiger partial charge on any atom is 0.122 e. The Morgan fingerprint density at radius 3 is 2.05 bits per heavy atom. The van der Waals surface area contributed by atoms with E-state index in [9.17, 15) is 0 Å². The number of hydrogen-bond acceptors (Lipinski definition) is 2. The van der Waals surface area contributed by atoms with Crippen molar-refractivity contribution in [3.63, 3.8) is 0 Å². The largest absolute Gasteiger partial charge is 0.490 e. The minimum Gasteiger partial charge on any atom is -0.490 e. The van der Waals surface area contributed by atoms with Crippen LogP contribution in [0.15, 0.2) is 46.9 Å². The van der Waals surface area contributed by atoms with Gasteiger partial charge in [0.05, 0.1) is 0 Å². The molecule has 2 nitrogen and oxygen atoms in total. The van der Waals surface area contributed by atoms with E-state index in [0.717, 1.165) is 16.0 Å². The van der Waals surface area contributed by atoms with Crippen LogP contribution in [0.25, 0.3) is 0 Å². The summed E-state index contributed by atoms with van der Waals surface area (Å²) in [7, 11) is 0. The maximum absolute atomic E-state index is 5.73. The molecule has 0 aliphatic heterocycles. The molecule has 0 amide bonds. The van der Waals surface area contributed by atoms with Gasteiger partial charge in [-0.2, -0.15) is 0 Å². The molecule has 0 heterocycles. The Morgan fingerprint density at radius 1 is 0.905 bits per heavy atom. The van der Waals surface area contributed by atoms with Crippen LogP contribution in [0.5, 0.6) is 11.5 Å². The third-order valence-electron chi connectivity index (χ3n) is 3.30. The maximum atomic E-state index is 5.73. The van der Waals surface area contributed by atoms with Gasteiger partial charge in [0.15, 0.2) is 0 Å². The van der Waals surface area contributed by atoms with E-state index in [1.165, 1.54) is 11.1 Å². The first-order chi connectivity index (χ1) is 10.1. The molecule has 21 heavy (non-hydrogen) atoms. The summed E-state index contributed by atoms with van der Waals surface area (Å²) >= 11 is 3.40. The molecule has 0 radical (unpaired) electrons. The Bertz CT molecular complexity index is 576. The third kappa shape index (κ3) is 4.78. The Hall–Kier alpha value is -1.48. The van der Waals surface area contributed by atoms with Gasteiger partial charge in [0, 0.05) is 4.47 Å². The second kappa shape index (κ2) is 7.51. The predicted octanol–water partition coefficient (Wildman–Crippen LogP) is 5.34. The molecule has 0 fully saturated rings. The number of halogens is 1. The number of rotatable bonds is 6. The summed E-state index contributed by atoms with van der Waals surface area (Å²) in [5.41, 5.74) is 2.64. The molecule has 0 bridgehead atoms. The van der Waals surface area contributed by atoms with Crippen molar-refractivity contribution in [3.8, 4) is 11.5 Å². The number of aryl methyl sites for hydroxylation is 1. The Balaban J connectivity index is 1.81. The van der Waals surface area contributed by atoms with Crippen molar-refractivity contribution in [2.45, 2.75) is 26.7 Å². The van der Waals surface area contributed by atoms with Crippen molar-refractivity contribution in [3.05, 3.63) is 58.1 Å². The van der Waals surface area contributed by atoms with Crippen molar-refractivity contribution in [1.29, 1.82) is 0 Å². The zero-order chi connectivity index (χ0) is 15.2. The number of hydrogen-bond donors (Lipinski definition) is 0. The molecular formula is C18H21BrO2. The molecule has 3 heteroatoms. The normalized spacial score (nSPS) is 10.7. The Labute approximate surface area is 135 Å². The number of benzene rings is 2. The zero-order valence-corrected chi connectivity index (χ0v) is 14.3. The molecule has 0 aliphatic rings. The predicted molar refractivity (Wildman–Crippen MR) is 90.4 cm³/mol. The lowest BCUT2D eigenvalue weighted by Gasteiger charge is -2.13. The lowest BCUT2D eigenvalue weighted by Crippen LogP contribution is -2.09. The molecule has 112 valence electrons. The van der Waals surface area contributed by atoms with Crippen molar-refractivity contribution in [2.75, 3.05) is 13.2 Å². The highest BCUT2D eigenvalue weighted by molar-refractivity contribution is 9.10. The third-order valence-corrected chi connectivity index (χ3v) is 3.83. The zero-order valence-electron chi connectivity index (χ0n) is 12.7. The van der Waals surface area contributed by atoms with E-state index < -0.39 is 0 Å². The Morgan fingerprint density at radius 2 is 1.48 bits per heavy atom. The van der Waals surface area contributed by atoms with E-state index in [0.29, 0.717) is 19.1 Å². The summed E-state index contributed by atoms with van der Waals surface area (Å²) in [4.78, 5) is 0. The van der Waals surface area contributed by atoms with Crippen LogP contribution in [0.2, 0.25) is 0 Å². The van der Waals surface area contributed by atoms with Crippen LogP contribution in [-0.4, -0.2) is 13.2 Å². The van der Waals surface area contributed by atoms with E-state index >= 15 is 0 Å². The van der Waals surface area contributed by atoms with E-state index in [1.807, 2.05) is 30.3 Å². The standard InChI is InChI=1S/C18H21BrO2/c1-13(2)18-9-8-17(12-14(18)3)21-11-10-20-16-6-4-15(19)5-7-16/h4-9,12-13H,10-11H2,1-3H3. The first kappa shape index (κ1) is 15.9. The highest BCUT2D eigenvalue weighted by Crippen LogP contribution is 2.23. The van der Waals surface area contributed by atoms with Crippen LogP contribution in [0.3, 0.4) is 0 Å². The minimum absolute atomic E-state index is 0.534. The molecule has 0 N–H and O–H groups in total. The van der Waals surface area contributed by atoms with Crippen molar-refractivity contribution in [1.82, 2.24) is 0 Å². The second-order valence-electron chi connectivity index (χ2n) is 5.32.